The van der Waals surface area contributed by atoms with E-state index >= 15 is 0 Å². The molecule has 7 nitrogen and oxygen atoms in total. The molecule has 2 heterocycles. The van der Waals surface area contributed by atoms with Crippen LogP contribution in [0.5, 0.6) is 0 Å². The quantitative estimate of drug-likeness (QED) is 0.308. The average Bonchev–Trinajstić information content (AvgIpc) is 3.17. The van der Waals surface area contributed by atoms with Gasteiger partial charge in [0.2, 0.25) is 0 Å². The fourth-order valence-corrected chi connectivity index (χ4v) is 4.19. The monoisotopic (exact) mass is 406 g/mol. The van der Waals surface area contributed by atoms with Gasteiger partial charge < -0.3 is 18.9 Å². The lowest BCUT2D eigenvalue weighted by molar-refractivity contribution is -0.169. The van der Waals surface area contributed by atoms with E-state index in [-0.39, 0.29) is 23.6 Å². The zero-order valence-corrected chi connectivity index (χ0v) is 17.9. The van der Waals surface area contributed by atoms with Crippen molar-refractivity contribution in [2.24, 2.45) is 11.3 Å². The van der Waals surface area contributed by atoms with Crippen molar-refractivity contribution >= 4 is 17.7 Å². The lowest BCUT2D eigenvalue weighted by Crippen LogP contribution is -2.51. The standard InChI is InChI=1S/C22H30O7/c1-11-8-9-15(26-7)21(4,5)18(23)17(28-20(25)22(6)13(3)29-22)16-12(2)19(24)27-14(16)10-11/h10,13-17H,2,8-9H2,1,3-7H3/b11-10+/t13-,14-,15-,16-,17+,22-/m0/s1. The molecule has 2 saturated heterocycles. The number of hydrogen-bond donors (Lipinski definition) is 0. The Morgan fingerprint density at radius 1 is 1.28 bits per heavy atom. The number of fused-ring (bicyclic) bond motifs is 1. The van der Waals surface area contributed by atoms with Gasteiger partial charge in [-0.3, -0.25) is 4.79 Å². The van der Waals surface area contributed by atoms with Crippen molar-refractivity contribution in [3.05, 3.63) is 23.8 Å². The van der Waals surface area contributed by atoms with Crippen LogP contribution in [-0.4, -0.2) is 54.8 Å². The lowest BCUT2D eigenvalue weighted by atomic mass is 9.72. The minimum absolute atomic E-state index is 0.130. The van der Waals surface area contributed by atoms with E-state index in [2.05, 4.69) is 6.58 Å². The van der Waals surface area contributed by atoms with E-state index in [1.54, 1.807) is 34.8 Å². The van der Waals surface area contributed by atoms with Crippen LogP contribution in [0.25, 0.3) is 0 Å². The number of rotatable bonds is 3. The van der Waals surface area contributed by atoms with E-state index in [1.165, 1.54) is 0 Å². The molecule has 0 bridgehead atoms. The highest BCUT2D eigenvalue weighted by Gasteiger charge is 2.60. The Labute approximate surface area is 171 Å². The molecule has 0 aromatic carbocycles. The summed E-state index contributed by atoms with van der Waals surface area (Å²) in [5.74, 6) is -2.32. The highest BCUT2D eigenvalue weighted by Crippen LogP contribution is 2.42. The number of carbonyl (C=O) groups excluding carboxylic acids is 3. The molecule has 3 rings (SSSR count). The zero-order valence-electron chi connectivity index (χ0n) is 17.9. The van der Waals surface area contributed by atoms with E-state index in [4.69, 9.17) is 18.9 Å². The van der Waals surface area contributed by atoms with Crippen LogP contribution in [0.4, 0.5) is 0 Å². The smallest absolute Gasteiger partial charge is 0.341 e. The van der Waals surface area contributed by atoms with Gasteiger partial charge in [-0.15, -0.1) is 0 Å². The summed E-state index contributed by atoms with van der Waals surface area (Å²) in [6, 6.07) is 0. The van der Waals surface area contributed by atoms with Crippen LogP contribution in [0.2, 0.25) is 0 Å². The number of epoxide rings is 1. The molecular formula is C22H30O7. The molecule has 6 atom stereocenters. The van der Waals surface area contributed by atoms with E-state index in [0.717, 1.165) is 5.57 Å². The van der Waals surface area contributed by atoms with Crippen LogP contribution in [0, 0.1) is 11.3 Å². The first kappa shape index (κ1) is 21.7. The third-order valence-corrected chi connectivity index (χ3v) is 6.60. The van der Waals surface area contributed by atoms with Gasteiger partial charge in [-0.1, -0.05) is 26.0 Å². The van der Waals surface area contributed by atoms with Crippen molar-refractivity contribution in [3.8, 4) is 0 Å². The van der Waals surface area contributed by atoms with Crippen molar-refractivity contribution in [3.63, 3.8) is 0 Å². The van der Waals surface area contributed by atoms with Crippen LogP contribution >= 0.6 is 0 Å². The Hall–Kier alpha value is -1.99. The first-order chi connectivity index (χ1) is 13.4. The van der Waals surface area contributed by atoms with Gasteiger partial charge in [0.05, 0.1) is 23.5 Å². The summed E-state index contributed by atoms with van der Waals surface area (Å²) in [6.07, 6.45) is 0.504. The summed E-state index contributed by atoms with van der Waals surface area (Å²) < 4.78 is 22.2. The molecule has 1 aliphatic carbocycles. The molecule has 0 spiro atoms. The third kappa shape index (κ3) is 3.66. The lowest BCUT2D eigenvalue weighted by Gasteiger charge is -2.37. The molecule has 0 aromatic heterocycles. The molecule has 29 heavy (non-hydrogen) atoms. The fourth-order valence-electron chi connectivity index (χ4n) is 4.19. The predicted molar refractivity (Wildman–Crippen MR) is 104 cm³/mol. The Morgan fingerprint density at radius 3 is 2.45 bits per heavy atom. The van der Waals surface area contributed by atoms with Crippen LogP contribution in [0.15, 0.2) is 23.8 Å². The van der Waals surface area contributed by atoms with Gasteiger partial charge in [-0.05, 0) is 39.7 Å². The molecule has 0 N–H and O–H groups in total. The van der Waals surface area contributed by atoms with Gasteiger partial charge in [-0.25, -0.2) is 9.59 Å². The number of esters is 2. The molecule has 2 aliphatic heterocycles. The number of methoxy groups -OCH3 is 1. The second-order valence-electron chi connectivity index (χ2n) is 8.98. The molecule has 7 heteroatoms. The Balaban J connectivity index is 2.05. The van der Waals surface area contributed by atoms with Gasteiger partial charge >= 0.3 is 11.9 Å². The largest absolute Gasteiger partial charge is 0.454 e. The number of carbonyl (C=O) groups is 3. The fraction of sp³-hybridized carbons (Fsp3) is 0.682. The summed E-state index contributed by atoms with van der Waals surface area (Å²) in [7, 11) is 1.57. The molecular weight excluding hydrogens is 376 g/mol. The van der Waals surface area contributed by atoms with E-state index < -0.39 is 41.1 Å². The second-order valence-corrected chi connectivity index (χ2v) is 8.98. The van der Waals surface area contributed by atoms with Crippen LogP contribution < -0.4 is 0 Å². The molecule has 0 amide bonds. The number of Topliss-reactive ketones (excluding diaryl/α,β-unsaturated/α-hetero) is 1. The minimum Gasteiger partial charge on any atom is -0.454 e. The Kier molecular flexibility index (Phi) is 5.51. The van der Waals surface area contributed by atoms with Crippen molar-refractivity contribution < 1.29 is 33.3 Å². The Bertz CT molecular complexity index is 780. The van der Waals surface area contributed by atoms with Gasteiger partial charge in [0, 0.05) is 12.7 Å². The highest BCUT2D eigenvalue weighted by atomic mass is 16.7. The summed E-state index contributed by atoms with van der Waals surface area (Å²) in [4.78, 5) is 38.7. The van der Waals surface area contributed by atoms with Gasteiger partial charge in [0.15, 0.2) is 17.5 Å². The first-order valence-electron chi connectivity index (χ1n) is 9.96. The van der Waals surface area contributed by atoms with Crippen molar-refractivity contribution in [2.45, 2.75) is 77.5 Å². The summed E-state index contributed by atoms with van der Waals surface area (Å²) in [5, 5.41) is 0. The predicted octanol–water partition coefficient (Wildman–Crippen LogP) is 2.52. The summed E-state index contributed by atoms with van der Waals surface area (Å²) in [6.45, 7) is 12.7. The molecule has 3 aliphatic rings. The van der Waals surface area contributed by atoms with Crippen molar-refractivity contribution in [1.29, 1.82) is 0 Å². The molecule has 0 aromatic rings. The van der Waals surface area contributed by atoms with E-state index in [1.807, 2.05) is 13.0 Å². The van der Waals surface area contributed by atoms with E-state index in [9.17, 15) is 14.4 Å². The molecule has 0 unspecified atom stereocenters. The number of ketones is 1. The maximum absolute atomic E-state index is 13.7. The van der Waals surface area contributed by atoms with E-state index in [0.29, 0.717) is 12.8 Å². The second kappa shape index (κ2) is 7.36. The highest BCUT2D eigenvalue weighted by molar-refractivity contribution is 5.97. The number of allylic oxidation sites excluding steroid dienone is 1. The Morgan fingerprint density at radius 2 is 1.90 bits per heavy atom. The first-order valence-corrected chi connectivity index (χ1v) is 9.96. The molecule has 0 radical (unpaired) electrons. The molecule has 0 saturated carbocycles. The van der Waals surface area contributed by atoms with Crippen LogP contribution in [-0.2, 0) is 33.3 Å². The SMILES string of the molecule is C=C1C(=O)O[C@H]2/C=C(\C)CC[C@H](OC)C(C)(C)C(=O)[C@H](OC(=O)[C@@]3(C)O[C@H]3C)[C@@H]12. The third-order valence-electron chi connectivity index (χ3n) is 6.60. The van der Waals surface area contributed by atoms with Gasteiger partial charge in [0.25, 0.3) is 0 Å². The van der Waals surface area contributed by atoms with Gasteiger partial charge in [-0.2, -0.15) is 0 Å². The van der Waals surface area contributed by atoms with Gasteiger partial charge in [0.1, 0.15) is 6.10 Å². The van der Waals surface area contributed by atoms with Crippen molar-refractivity contribution in [1.82, 2.24) is 0 Å². The van der Waals surface area contributed by atoms with Crippen molar-refractivity contribution in [2.75, 3.05) is 7.11 Å². The van der Waals surface area contributed by atoms with Crippen LogP contribution in [0.3, 0.4) is 0 Å². The summed E-state index contributed by atoms with van der Waals surface area (Å²) >= 11 is 0. The van der Waals surface area contributed by atoms with Crippen LogP contribution in [0.1, 0.15) is 47.5 Å². The average molecular weight is 406 g/mol. The minimum atomic E-state index is -1.23. The maximum Gasteiger partial charge on any atom is 0.341 e. The molecule has 2 fully saturated rings. The normalized spacial score (nSPS) is 41.1. The summed E-state index contributed by atoms with van der Waals surface area (Å²) in [5.41, 5.74) is -0.909. The number of ether oxygens (including phenoxy) is 4. The zero-order chi connectivity index (χ0) is 21.7. The molecule has 160 valence electrons. The topological polar surface area (TPSA) is 91.4 Å². The number of hydrogen-bond acceptors (Lipinski definition) is 7. The maximum atomic E-state index is 13.7.